The number of aryl methyl sites for hydroxylation is 1. The van der Waals surface area contributed by atoms with Crippen LogP contribution < -0.4 is 26.2 Å². The van der Waals surface area contributed by atoms with Gasteiger partial charge in [0, 0.05) is 54.7 Å². The molecular weight excluding hydrogens is 792 g/mol. The molecule has 7 aromatic carbocycles. The maximum absolute atomic E-state index is 2.61. The molecule has 3 aliphatic rings. The number of nitrogens with zero attached hydrogens (tertiary/aromatic N) is 2. The van der Waals surface area contributed by atoms with Crippen molar-refractivity contribution in [2.75, 3.05) is 9.80 Å². The Labute approximate surface area is 385 Å². The highest BCUT2D eigenvalue weighted by atomic mass is 32.1. The topological polar surface area (TPSA) is 6.48 Å². The Hall–Kier alpha value is -6.10. The lowest BCUT2D eigenvalue weighted by atomic mass is 9.33. The zero-order chi connectivity index (χ0) is 44.3. The average molecular weight is 849 g/mol. The summed E-state index contributed by atoms with van der Waals surface area (Å²) in [5, 5.41) is 1.38. The van der Waals surface area contributed by atoms with Crippen molar-refractivity contribution >= 4 is 84.2 Å². The van der Waals surface area contributed by atoms with Crippen LogP contribution in [0.25, 0.3) is 26.8 Å². The highest BCUT2D eigenvalue weighted by Crippen LogP contribution is 2.48. The first-order valence-corrected chi connectivity index (χ1v) is 24.0. The highest BCUT2D eigenvalue weighted by Gasteiger charge is 2.45. The summed E-state index contributed by atoms with van der Waals surface area (Å²) in [4.78, 5) is 6.68. The first-order chi connectivity index (χ1) is 30.6. The molecule has 0 fully saturated rings. The molecule has 1 aliphatic carbocycles. The SMILES string of the molecule is CC(C)(C)c1ccc2c(c1)B1c3ccc(C(C)(C)C)cc3N(c3ccc(C4=CCCc5sc6ccccc6c54)cc3)c3cc(C(C)(C)C)cc(c31)N2c1ccc(-c2ccccc2)cc1. The van der Waals surface area contributed by atoms with Crippen LogP contribution in [-0.2, 0) is 22.7 Å². The van der Waals surface area contributed by atoms with Crippen molar-refractivity contribution in [2.24, 2.45) is 0 Å². The first-order valence-electron chi connectivity index (χ1n) is 23.2. The van der Waals surface area contributed by atoms with Crippen molar-refractivity contribution in [3.05, 3.63) is 190 Å². The molecule has 0 spiro atoms. The summed E-state index contributed by atoms with van der Waals surface area (Å²) < 4.78 is 1.38. The lowest BCUT2D eigenvalue weighted by Gasteiger charge is -2.45. The maximum Gasteiger partial charge on any atom is 0.252 e. The summed E-state index contributed by atoms with van der Waals surface area (Å²) in [5.74, 6) is 0. The van der Waals surface area contributed by atoms with Crippen LogP contribution in [-0.4, -0.2) is 6.71 Å². The van der Waals surface area contributed by atoms with E-state index in [-0.39, 0.29) is 23.0 Å². The molecular formula is C60H57BN2S. The summed E-state index contributed by atoms with van der Waals surface area (Å²) >= 11 is 1.97. The van der Waals surface area contributed by atoms with E-state index in [9.17, 15) is 0 Å². The number of benzene rings is 7. The van der Waals surface area contributed by atoms with Crippen molar-refractivity contribution in [1.29, 1.82) is 0 Å². The lowest BCUT2D eigenvalue weighted by Crippen LogP contribution is -2.61. The van der Waals surface area contributed by atoms with Gasteiger partial charge in [0.2, 0.25) is 0 Å². The van der Waals surface area contributed by atoms with Crippen LogP contribution in [0.1, 0.15) is 101 Å². The molecule has 4 heteroatoms. The fourth-order valence-corrected chi connectivity index (χ4v) is 11.7. The van der Waals surface area contributed by atoms with Gasteiger partial charge in [-0.1, -0.05) is 165 Å². The molecule has 1 aromatic heterocycles. The van der Waals surface area contributed by atoms with Gasteiger partial charge in [-0.2, -0.15) is 0 Å². The minimum Gasteiger partial charge on any atom is -0.311 e. The molecule has 11 rings (SSSR count). The molecule has 64 heavy (non-hydrogen) atoms. The van der Waals surface area contributed by atoms with E-state index in [1.54, 1.807) is 0 Å². The van der Waals surface area contributed by atoms with Crippen LogP contribution in [0.15, 0.2) is 158 Å². The number of allylic oxidation sites excluding steroid dienone is 1. The van der Waals surface area contributed by atoms with E-state index in [1.807, 2.05) is 11.3 Å². The second-order valence-electron chi connectivity index (χ2n) is 21.3. The van der Waals surface area contributed by atoms with Crippen LogP contribution in [0.2, 0.25) is 0 Å². The molecule has 0 saturated heterocycles. The molecule has 2 nitrogen and oxygen atoms in total. The van der Waals surface area contributed by atoms with Crippen molar-refractivity contribution in [3.63, 3.8) is 0 Å². The molecule has 0 radical (unpaired) electrons. The molecule has 0 saturated carbocycles. The Kier molecular flexibility index (Phi) is 9.36. The van der Waals surface area contributed by atoms with Gasteiger partial charge in [0.15, 0.2) is 0 Å². The van der Waals surface area contributed by atoms with Gasteiger partial charge in [-0.15, -0.1) is 11.3 Å². The number of thiophene rings is 1. The molecule has 0 bridgehead atoms. The third kappa shape index (κ3) is 6.67. The van der Waals surface area contributed by atoms with Gasteiger partial charge in [-0.25, -0.2) is 0 Å². The molecule has 8 aromatic rings. The molecule has 2 aliphatic heterocycles. The number of fused-ring (bicyclic) bond motifs is 7. The van der Waals surface area contributed by atoms with Crippen LogP contribution in [0.4, 0.5) is 34.1 Å². The minimum atomic E-state index is -0.0994. The second-order valence-corrected chi connectivity index (χ2v) is 22.5. The van der Waals surface area contributed by atoms with Gasteiger partial charge in [0.25, 0.3) is 6.71 Å². The second kappa shape index (κ2) is 14.7. The van der Waals surface area contributed by atoms with Crippen LogP contribution in [0, 0.1) is 0 Å². The van der Waals surface area contributed by atoms with E-state index in [2.05, 4.69) is 230 Å². The van der Waals surface area contributed by atoms with Crippen molar-refractivity contribution in [3.8, 4) is 11.1 Å². The Bertz CT molecular complexity index is 3150. The maximum atomic E-state index is 2.61. The zero-order valence-corrected chi connectivity index (χ0v) is 39.6. The summed E-state index contributed by atoms with van der Waals surface area (Å²) in [6.45, 7) is 21.2. The van der Waals surface area contributed by atoms with E-state index < -0.39 is 0 Å². The molecule has 0 unspecified atom stereocenters. The third-order valence-corrected chi connectivity index (χ3v) is 15.2. The van der Waals surface area contributed by atoms with Crippen LogP contribution in [0.3, 0.4) is 0 Å². The van der Waals surface area contributed by atoms with E-state index in [0.29, 0.717) is 0 Å². The number of hydrogen-bond donors (Lipinski definition) is 0. The largest absolute Gasteiger partial charge is 0.311 e. The zero-order valence-electron chi connectivity index (χ0n) is 38.8. The minimum absolute atomic E-state index is 0.0123. The van der Waals surface area contributed by atoms with Crippen molar-refractivity contribution < 1.29 is 0 Å². The predicted molar refractivity (Wildman–Crippen MR) is 279 cm³/mol. The van der Waals surface area contributed by atoms with Gasteiger partial charge in [-0.3, -0.25) is 0 Å². The normalized spacial score (nSPS) is 14.5. The smallest absolute Gasteiger partial charge is 0.252 e. The molecule has 316 valence electrons. The van der Waals surface area contributed by atoms with Crippen molar-refractivity contribution in [1.82, 2.24) is 0 Å². The molecule has 0 atom stereocenters. The van der Waals surface area contributed by atoms with Gasteiger partial charge in [0.1, 0.15) is 0 Å². The van der Waals surface area contributed by atoms with Gasteiger partial charge in [0.05, 0.1) is 0 Å². The lowest BCUT2D eigenvalue weighted by molar-refractivity contribution is 0.589. The first kappa shape index (κ1) is 40.7. The van der Waals surface area contributed by atoms with E-state index in [0.717, 1.165) is 12.8 Å². The molecule has 0 amide bonds. The average Bonchev–Trinajstić information content (AvgIpc) is 3.67. The monoisotopic (exact) mass is 848 g/mol. The summed E-state index contributed by atoms with van der Waals surface area (Å²) in [5.41, 5.74) is 21.9. The summed E-state index contributed by atoms with van der Waals surface area (Å²) in [7, 11) is 0. The summed E-state index contributed by atoms with van der Waals surface area (Å²) in [6.07, 6.45) is 4.66. The summed E-state index contributed by atoms with van der Waals surface area (Å²) in [6, 6.07) is 58.1. The number of hydrogen-bond acceptors (Lipinski definition) is 3. The quantitative estimate of drug-likeness (QED) is 0.163. The van der Waals surface area contributed by atoms with E-state index >= 15 is 0 Å². The fraction of sp³-hybridized carbons (Fsp3) is 0.233. The molecule has 3 heterocycles. The van der Waals surface area contributed by atoms with Crippen LogP contribution in [0.5, 0.6) is 0 Å². The van der Waals surface area contributed by atoms with E-state index in [4.69, 9.17) is 0 Å². The number of anilines is 6. The van der Waals surface area contributed by atoms with Gasteiger partial charge >= 0.3 is 0 Å². The van der Waals surface area contributed by atoms with Crippen molar-refractivity contribution in [2.45, 2.75) is 91.4 Å². The molecule has 0 N–H and O–H groups in total. The Morgan fingerprint density at radius 1 is 0.469 bits per heavy atom. The van der Waals surface area contributed by atoms with Gasteiger partial charge in [-0.05, 0) is 139 Å². The predicted octanol–water partition coefficient (Wildman–Crippen LogP) is 14.9. The Morgan fingerprint density at radius 2 is 1.02 bits per heavy atom. The van der Waals surface area contributed by atoms with Crippen LogP contribution >= 0.6 is 11.3 Å². The standard InChI is InChI=1S/C60H57BN2S/c1-58(2,3)41-27-33-50-49(34-41)61-48-32-26-42(59(4,5)6)35-51(48)63(45-30-24-40(25-31-45)46-19-15-21-55-56(46)47-18-13-14-20-54(47)64-55)53-37-43(60(7,8)9)36-52(57(53)61)62(50)44-28-22-39(23-29-44)38-16-11-10-12-17-38/h10-14,16-20,22-37H,15,21H2,1-9H3. The third-order valence-electron chi connectivity index (χ3n) is 14.0. The Morgan fingerprint density at radius 3 is 1.67 bits per heavy atom. The number of rotatable bonds is 4. The Balaban J connectivity index is 1.15. The van der Waals surface area contributed by atoms with E-state index in [1.165, 1.54) is 110 Å². The van der Waals surface area contributed by atoms with Gasteiger partial charge < -0.3 is 9.80 Å². The fourth-order valence-electron chi connectivity index (χ4n) is 10.4. The highest BCUT2D eigenvalue weighted by molar-refractivity contribution is 7.19.